The molecule has 0 spiro atoms. The van der Waals surface area contributed by atoms with Crippen molar-refractivity contribution < 1.29 is 0 Å². The van der Waals surface area contributed by atoms with Crippen LogP contribution in [0.4, 0.5) is 0 Å². The van der Waals surface area contributed by atoms with E-state index in [1.54, 1.807) is 23.0 Å². The fraction of sp³-hybridized carbons (Fsp3) is 0.778. The number of rotatable bonds is 13. The smallest absolute Gasteiger partial charge is 0.295 e. The summed E-state index contributed by atoms with van der Waals surface area (Å²) in [4.78, 5) is 27.0. The van der Waals surface area contributed by atoms with Gasteiger partial charge in [-0.2, -0.15) is 22.4 Å². The van der Waals surface area contributed by atoms with Gasteiger partial charge in [0.25, 0.3) is 0 Å². The van der Waals surface area contributed by atoms with Crippen molar-refractivity contribution >= 4 is 40.0 Å². The van der Waals surface area contributed by atoms with Crippen molar-refractivity contribution in [3.63, 3.8) is 0 Å². The van der Waals surface area contributed by atoms with Gasteiger partial charge in [-0.05, 0) is 25.2 Å². The van der Waals surface area contributed by atoms with Crippen LogP contribution in [0.25, 0.3) is 0 Å². The maximum absolute atomic E-state index is 12.5. The highest BCUT2D eigenvalue weighted by Gasteiger charge is 2.27. The second-order valence-corrected chi connectivity index (χ2v) is 7.84. The minimum atomic E-state index is -0.312. The highest BCUT2D eigenvalue weighted by atomic mass is 127. The normalized spacial score (nSPS) is 11.5. The summed E-state index contributed by atoms with van der Waals surface area (Å²) >= 11 is 2.09. The summed E-state index contributed by atoms with van der Waals surface area (Å²) in [5.74, 6) is 0. The first-order valence-corrected chi connectivity index (χ1v) is 10.9. The van der Waals surface area contributed by atoms with Crippen LogP contribution in [0.5, 0.6) is 0 Å². The van der Waals surface area contributed by atoms with Crippen molar-refractivity contribution in [3.05, 3.63) is 27.0 Å². The van der Waals surface area contributed by atoms with E-state index in [1.807, 2.05) is 0 Å². The van der Waals surface area contributed by atoms with Crippen molar-refractivity contribution in [2.75, 3.05) is 0 Å². The average molecular weight is 456 g/mol. The van der Waals surface area contributed by atoms with Gasteiger partial charge in [0.15, 0.2) is 5.03 Å². The maximum Gasteiger partial charge on any atom is 0.328 e. The molecule has 0 aliphatic carbocycles. The number of H-pyrrole nitrogens is 1. The van der Waals surface area contributed by atoms with Crippen molar-refractivity contribution in [2.45, 2.75) is 90.5 Å². The number of halogens is 1. The zero-order chi connectivity index (χ0) is 18.7. The standard InChI is InChI=1S/C18H31B2IN2O2/c1-4-6-8-10-12-18(3,13-11-9-7-5-2)23-14-15(19-20-21)16(24)22-17(23)25/h14H,4-13H2,1-3H3,(H,22,24,25). The van der Waals surface area contributed by atoms with Crippen molar-refractivity contribution in [1.29, 1.82) is 0 Å². The van der Waals surface area contributed by atoms with E-state index in [2.05, 4.69) is 48.1 Å². The minimum absolute atomic E-state index is 0.239. The van der Waals surface area contributed by atoms with Gasteiger partial charge in [-0.1, -0.05) is 65.2 Å². The number of unbranched alkanes of at least 4 members (excludes halogenated alkanes) is 6. The Bertz CT molecular complexity index is 604. The van der Waals surface area contributed by atoms with Crippen LogP contribution in [0.2, 0.25) is 0 Å². The summed E-state index contributed by atoms with van der Waals surface area (Å²) in [7, 11) is 1.75. The Morgan fingerprint density at radius 3 is 2.08 bits per heavy atom. The summed E-state index contributed by atoms with van der Waals surface area (Å²) in [6.07, 6.45) is 13.2. The van der Waals surface area contributed by atoms with Gasteiger partial charge < -0.3 is 0 Å². The first kappa shape index (κ1) is 22.6. The molecule has 7 heteroatoms. The van der Waals surface area contributed by atoms with Crippen LogP contribution in [0.1, 0.15) is 85.0 Å². The predicted molar refractivity (Wildman–Crippen MR) is 118 cm³/mol. The predicted octanol–water partition coefficient (Wildman–Crippen LogP) is 3.49. The Balaban J connectivity index is 3.05. The molecule has 1 heterocycles. The first-order valence-electron chi connectivity index (χ1n) is 9.61. The van der Waals surface area contributed by atoms with Gasteiger partial charge in [0.05, 0.1) is 0 Å². The van der Waals surface area contributed by atoms with E-state index in [0.717, 1.165) is 25.7 Å². The highest BCUT2D eigenvalue weighted by Crippen LogP contribution is 2.28. The average Bonchev–Trinajstić information content (AvgIpc) is 2.58. The molecule has 0 unspecified atom stereocenters. The molecular formula is C18H31B2IN2O2. The summed E-state index contributed by atoms with van der Waals surface area (Å²) in [6.45, 7) is 6.58. The number of hydrogen-bond donors (Lipinski definition) is 1. The third kappa shape index (κ3) is 7.35. The second-order valence-electron chi connectivity index (χ2n) is 7.12. The van der Waals surface area contributed by atoms with E-state index >= 15 is 0 Å². The number of aromatic amines is 1. The summed E-state index contributed by atoms with van der Waals surface area (Å²) in [6, 6.07) is 0. The van der Waals surface area contributed by atoms with Crippen LogP contribution in [-0.2, 0) is 5.54 Å². The molecule has 0 aromatic carbocycles. The van der Waals surface area contributed by atoms with E-state index in [0.29, 0.717) is 5.46 Å². The van der Waals surface area contributed by atoms with Gasteiger partial charge in [0.1, 0.15) is 7.17 Å². The van der Waals surface area contributed by atoms with Crippen LogP contribution in [-0.4, -0.2) is 21.7 Å². The largest absolute Gasteiger partial charge is 0.328 e. The summed E-state index contributed by atoms with van der Waals surface area (Å²) in [5.41, 5.74) is -0.295. The lowest BCUT2D eigenvalue weighted by atomic mass is 9.51. The van der Waals surface area contributed by atoms with Crippen molar-refractivity contribution in [2.24, 2.45) is 0 Å². The van der Waals surface area contributed by atoms with Gasteiger partial charge in [-0.15, -0.1) is 0 Å². The van der Waals surface area contributed by atoms with Crippen LogP contribution in [0.3, 0.4) is 0 Å². The van der Waals surface area contributed by atoms with Crippen molar-refractivity contribution in [1.82, 2.24) is 9.55 Å². The number of aromatic nitrogens is 2. The van der Waals surface area contributed by atoms with Crippen LogP contribution in [0, 0.1) is 0 Å². The van der Waals surface area contributed by atoms with Gasteiger partial charge in [-0.3, -0.25) is 14.3 Å². The number of nitrogens with zero attached hydrogens (tertiary/aromatic N) is 1. The van der Waals surface area contributed by atoms with Gasteiger partial charge in [-0.25, -0.2) is 4.79 Å². The lowest BCUT2D eigenvalue weighted by Gasteiger charge is -2.32. The van der Waals surface area contributed by atoms with E-state index in [-0.39, 0.29) is 16.8 Å². The van der Waals surface area contributed by atoms with E-state index in [4.69, 9.17) is 0 Å². The lowest BCUT2D eigenvalue weighted by Crippen LogP contribution is -2.49. The van der Waals surface area contributed by atoms with E-state index in [1.165, 1.54) is 38.5 Å². The Morgan fingerprint density at radius 1 is 1.04 bits per heavy atom. The molecule has 0 aliphatic rings. The third-order valence-electron chi connectivity index (χ3n) is 4.93. The highest BCUT2D eigenvalue weighted by molar-refractivity contribution is 14.1. The Kier molecular flexibility index (Phi) is 10.9. The molecule has 0 bridgehead atoms. The lowest BCUT2D eigenvalue weighted by molar-refractivity contribution is 0.241. The quantitative estimate of drug-likeness (QED) is 0.281. The van der Waals surface area contributed by atoms with Gasteiger partial charge in [0.2, 0.25) is 5.56 Å². The SMILES string of the molecule is CCCCCCC(C)(CCCCCC)n1cc([B][B]I)c(=O)[nH]c1=O. The molecular weight excluding hydrogens is 425 g/mol. The monoisotopic (exact) mass is 456 g/mol. The molecule has 1 aromatic rings. The number of hydrogen-bond acceptors (Lipinski definition) is 2. The molecule has 1 rings (SSSR count). The second kappa shape index (κ2) is 12.0. The summed E-state index contributed by atoms with van der Waals surface area (Å²) in [5, 5.41) is 1.80. The molecule has 0 atom stereocenters. The van der Waals surface area contributed by atoms with Crippen LogP contribution < -0.4 is 16.7 Å². The molecule has 4 nitrogen and oxygen atoms in total. The van der Waals surface area contributed by atoms with Crippen LogP contribution in [0.15, 0.2) is 15.8 Å². The first-order chi connectivity index (χ1) is 12.0. The zero-order valence-corrected chi connectivity index (χ0v) is 18.1. The minimum Gasteiger partial charge on any atom is -0.295 e. The maximum atomic E-state index is 12.5. The van der Waals surface area contributed by atoms with Crippen molar-refractivity contribution in [3.8, 4) is 0 Å². The topological polar surface area (TPSA) is 54.9 Å². The molecule has 0 aliphatic heterocycles. The van der Waals surface area contributed by atoms with E-state index in [9.17, 15) is 9.59 Å². The van der Waals surface area contributed by atoms with Gasteiger partial charge >= 0.3 is 5.69 Å². The molecule has 1 N–H and O–H groups in total. The molecule has 0 fully saturated rings. The molecule has 25 heavy (non-hydrogen) atoms. The Labute approximate surface area is 166 Å². The van der Waals surface area contributed by atoms with E-state index < -0.39 is 0 Å². The zero-order valence-electron chi connectivity index (χ0n) is 15.9. The molecule has 0 saturated heterocycles. The fourth-order valence-electron chi connectivity index (χ4n) is 3.30. The molecule has 138 valence electrons. The molecule has 2 radical (unpaired) electrons. The molecule has 0 amide bonds. The number of nitrogens with one attached hydrogen (secondary N) is 1. The Hall–Kier alpha value is -0.460. The van der Waals surface area contributed by atoms with Gasteiger partial charge in [0, 0.05) is 11.7 Å². The molecule has 0 saturated carbocycles. The third-order valence-corrected chi connectivity index (χ3v) is 5.29. The fourth-order valence-corrected chi connectivity index (χ4v) is 3.69. The van der Waals surface area contributed by atoms with Crippen LogP contribution >= 0.6 is 22.4 Å². The Morgan fingerprint density at radius 2 is 1.60 bits per heavy atom. The molecule has 1 aromatic heterocycles. The summed E-state index contributed by atoms with van der Waals surface area (Å²) < 4.78 is 1.78.